The van der Waals surface area contributed by atoms with E-state index in [1.807, 2.05) is 13.8 Å². The summed E-state index contributed by atoms with van der Waals surface area (Å²) in [5.41, 5.74) is 0. The second-order valence-corrected chi connectivity index (χ2v) is 8.70. The predicted octanol–water partition coefficient (Wildman–Crippen LogP) is 2.37. The highest BCUT2D eigenvalue weighted by atomic mass is 32.2. The third-order valence-electron chi connectivity index (χ3n) is 4.00. The van der Waals surface area contributed by atoms with E-state index in [1.165, 1.54) is 0 Å². The Balaban J connectivity index is 6.04. The van der Waals surface area contributed by atoms with E-state index >= 15 is 0 Å². The van der Waals surface area contributed by atoms with Gasteiger partial charge in [0.25, 0.3) is 20.2 Å². The maximum absolute atomic E-state index is 11.9. The Morgan fingerprint density at radius 2 is 1.25 bits per heavy atom. The van der Waals surface area contributed by atoms with E-state index in [2.05, 4.69) is 0 Å². The summed E-state index contributed by atoms with van der Waals surface area (Å²) in [6.45, 7) is 6.91. The zero-order valence-corrected chi connectivity index (χ0v) is 14.2. The highest BCUT2D eigenvalue weighted by Crippen LogP contribution is 2.40. The first-order valence-electron chi connectivity index (χ1n) is 6.84. The van der Waals surface area contributed by atoms with Crippen molar-refractivity contribution in [1.29, 1.82) is 0 Å². The van der Waals surface area contributed by atoms with Crippen molar-refractivity contribution in [3.05, 3.63) is 0 Å². The maximum atomic E-state index is 11.9. The van der Waals surface area contributed by atoms with Crippen molar-refractivity contribution in [3.8, 4) is 0 Å². The lowest BCUT2D eigenvalue weighted by molar-refractivity contribution is 0.252. The summed E-state index contributed by atoms with van der Waals surface area (Å²) < 4.78 is 63.4. The van der Waals surface area contributed by atoms with E-state index in [0.717, 1.165) is 0 Å². The maximum Gasteiger partial charge on any atom is 0.272 e. The van der Waals surface area contributed by atoms with Crippen molar-refractivity contribution in [2.45, 2.75) is 58.1 Å². The molecule has 0 aromatic rings. The van der Waals surface area contributed by atoms with Crippen molar-refractivity contribution in [3.63, 3.8) is 0 Å². The minimum absolute atomic E-state index is 0.448. The molecule has 0 aliphatic rings. The topological polar surface area (TPSA) is 109 Å². The lowest BCUT2D eigenvalue weighted by Gasteiger charge is -2.40. The van der Waals surface area contributed by atoms with Gasteiger partial charge in [-0.25, -0.2) is 0 Å². The molecule has 0 fully saturated rings. The fourth-order valence-electron chi connectivity index (χ4n) is 2.99. The third-order valence-corrected chi connectivity index (χ3v) is 6.93. The number of rotatable bonds is 9. The average Bonchev–Trinajstić information content (AvgIpc) is 2.23. The van der Waals surface area contributed by atoms with Crippen LogP contribution >= 0.6 is 0 Å². The molecule has 0 aliphatic heterocycles. The minimum Gasteiger partial charge on any atom is -0.285 e. The monoisotopic (exact) mass is 330 g/mol. The molecule has 0 aliphatic carbocycles. The van der Waals surface area contributed by atoms with Crippen molar-refractivity contribution >= 4 is 20.2 Å². The molecule has 0 amide bonds. The first kappa shape index (κ1) is 19.8. The lowest BCUT2D eigenvalue weighted by atomic mass is 9.79. The summed E-state index contributed by atoms with van der Waals surface area (Å²) in [4.78, 5) is 0. The van der Waals surface area contributed by atoms with Crippen molar-refractivity contribution in [2.24, 2.45) is 11.8 Å². The Hall–Kier alpha value is -0.180. The SMILES string of the molecule is CCCC(C)C(CS(=O)(=O)O)(C(C)CCC)S(=O)(=O)O. The van der Waals surface area contributed by atoms with Gasteiger partial charge in [0.2, 0.25) is 0 Å². The Bertz CT molecular complexity index is 482. The molecule has 2 unspecified atom stereocenters. The molecule has 0 radical (unpaired) electrons. The molecule has 2 N–H and O–H groups in total. The molecule has 0 aromatic carbocycles. The molecular weight excluding hydrogens is 304 g/mol. The largest absolute Gasteiger partial charge is 0.285 e. The average molecular weight is 330 g/mol. The van der Waals surface area contributed by atoms with E-state index in [-0.39, 0.29) is 0 Å². The van der Waals surface area contributed by atoms with Gasteiger partial charge in [0.1, 0.15) is 4.75 Å². The van der Waals surface area contributed by atoms with E-state index < -0.39 is 42.6 Å². The van der Waals surface area contributed by atoms with Gasteiger partial charge in [0.15, 0.2) is 0 Å². The summed E-state index contributed by atoms with van der Waals surface area (Å²) in [6.07, 6.45) is 2.21. The van der Waals surface area contributed by atoms with Crippen LogP contribution < -0.4 is 0 Å². The summed E-state index contributed by atoms with van der Waals surface area (Å²) >= 11 is 0. The van der Waals surface area contributed by atoms with Crippen LogP contribution in [0.4, 0.5) is 0 Å². The minimum atomic E-state index is -4.64. The Labute approximate surface area is 122 Å². The quantitative estimate of drug-likeness (QED) is 0.628. The summed E-state index contributed by atoms with van der Waals surface area (Å²) in [6, 6.07) is 0. The van der Waals surface area contributed by atoms with Gasteiger partial charge in [-0.2, -0.15) is 16.8 Å². The normalized spacial score (nSPS) is 19.3. The van der Waals surface area contributed by atoms with Gasteiger partial charge in [0, 0.05) is 0 Å². The van der Waals surface area contributed by atoms with Crippen LogP contribution in [0.2, 0.25) is 0 Å². The molecular formula is C12H26O6S2. The smallest absolute Gasteiger partial charge is 0.272 e. The highest BCUT2D eigenvalue weighted by Gasteiger charge is 2.53. The van der Waals surface area contributed by atoms with E-state index in [1.54, 1.807) is 13.8 Å². The van der Waals surface area contributed by atoms with Crippen molar-refractivity contribution in [1.82, 2.24) is 0 Å². The van der Waals surface area contributed by atoms with Gasteiger partial charge < -0.3 is 0 Å². The van der Waals surface area contributed by atoms with E-state index in [9.17, 15) is 21.4 Å². The van der Waals surface area contributed by atoms with E-state index in [0.29, 0.717) is 25.7 Å². The van der Waals surface area contributed by atoms with Crippen LogP contribution in [0, 0.1) is 11.8 Å². The summed E-state index contributed by atoms with van der Waals surface area (Å²) in [5.74, 6) is -2.13. The van der Waals surface area contributed by atoms with E-state index in [4.69, 9.17) is 4.55 Å². The molecule has 6 nitrogen and oxygen atoms in total. The van der Waals surface area contributed by atoms with Gasteiger partial charge in [-0.15, -0.1) is 0 Å². The first-order chi connectivity index (χ1) is 8.92. The molecule has 0 aromatic heterocycles. The molecule has 8 heteroatoms. The second kappa shape index (κ2) is 7.20. The molecule has 0 rings (SSSR count). The Morgan fingerprint density at radius 3 is 1.45 bits per heavy atom. The van der Waals surface area contributed by atoms with Crippen LogP contribution in [0.3, 0.4) is 0 Å². The molecule has 20 heavy (non-hydrogen) atoms. The third kappa shape index (κ3) is 4.68. The molecule has 0 spiro atoms. The van der Waals surface area contributed by atoms with Crippen LogP contribution in [0.25, 0.3) is 0 Å². The fraction of sp³-hybridized carbons (Fsp3) is 1.00. The van der Waals surface area contributed by atoms with Gasteiger partial charge in [0.05, 0.1) is 5.75 Å². The standard InChI is InChI=1S/C12H26O6S2/c1-5-7-10(3)12(20(16,17)18,9-19(13,14)15)11(4)8-6-2/h10-11H,5-9H2,1-4H3,(H,13,14,15)(H,16,17,18). The number of hydrogen-bond donors (Lipinski definition) is 2. The Kier molecular flexibility index (Phi) is 7.13. The number of hydrogen-bond acceptors (Lipinski definition) is 4. The zero-order chi connectivity index (χ0) is 16.2. The molecule has 122 valence electrons. The van der Waals surface area contributed by atoms with Gasteiger partial charge in [-0.3, -0.25) is 9.11 Å². The van der Waals surface area contributed by atoms with Crippen LogP contribution in [-0.4, -0.2) is 36.4 Å². The predicted molar refractivity (Wildman–Crippen MR) is 78.8 cm³/mol. The first-order valence-corrected chi connectivity index (χ1v) is 9.89. The van der Waals surface area contributed by atoms with Crippen molar-refractivity contribution in [2.75, 3.05) is 5.75 Å². The second-order valence-electron chi connectivity index (χ2n) is 5.54. The molecule has 0 saturated carbocycles. The van der Waals surface area contributed by atoms with Crippen LogP contribution in [0.5, 0.6) is 0 Å². The molecule has 0 bridgehead atoms. The zero-order valence-electron chi connectivity index (χ0n) is 12.5. The highest BCUT2D eigenvalue weighted by molar-refractivity contribution is 7.90. The van der Waals surface area contributed by atoms with Crippen LogP contribution in [0.1, 0.15) is 53.4 Å². The molecule has 2 atom stereocenters. The summed E-state index contributed by atoms with van der Waals surface area (Å²) in [5, 5.41) is 0. The van der Waals surface area contributed by atoms with Gasteiger partial charge >= 0.3 is 0 Å². The molecule has 0 heterocycles. The summed E-state index contributed by atoms with van der Waals surface area (Å²) in [7, 11) is -9.17. The van der Waals surface area contributed by atoms with Gasteiger partial charge in [-0.05, 0) is 24.7 Å². The van der Waals surface area contributed by atoms with Crippen molar-refractivity contribution < 1.29 is 25.9 Å². The fourth-order valence-corrected chi connectivity index (χ4v) is 6.43. The Morgan fingerprint density at radius 1 is 0.900 bits per heavy atom. The lowest BCUT2D eigenvalue weighted by Crippen LogP contribution is -2.54. The van der Waals surface area contributed by atoms with Crippen LogP contribution in [-0.2, 0) is 20.2 Å². The molecule has 0 saturated heterocycles. The van der Waals surface area contributed by atoms with Crippen LogP contribution in [0.15, 0.2) is 0 Å². The van der Waals surface area contributed by atoms with Gasteiger partial charge in [-0.1, -0.05) is 40.5 Å².